The van der Waals surface area contributed by atoms with Gasteiger partial charge in [-0.1, -0.05) is 11.6 Å². The van der Waals surface area contributed by atoms with Crippen molar-refractivity contribution in [3.05, 3.63) is 28.8 Å². The van der Waals surface area contributed by atoms with Crippen molar-refractivity contribution >= 4 is 29.3 Å². The Bertz CT molecular complexity index is 463. The van der Waals surface area contributed by atoms with E-state index in [9.17, 15) is 9.59 Å². The number of ether oxygens (including phenoxy) is 1. The Morgan fingerprint density at radius 2 is 2.11 bits per heavy atom. The van der Waals surface area contributed by atoms with Gasteiger partial charge >= 0.3 is 6.09 Å². The lowest BCUT2D eigenvalue weighted by atomic mass is 10.2. The number of carbonyl (C=O) groups is 2. The van der Waals surface area contributed by atoms with Crippen molar-refractivity contribution in [1.29, 1.82) is 0 Å². The van der Waals surface area contributed by atoms with Crippen LogP contribution in [-0.2, 0) is 9.53 Å². The Morgan fingerprint density at radius 1 is 1.37 bits per heavy atom. The van der Waals surface area contributed by atoms with E-state index in [1.54, 1.807) is 25.1 Å². The molecule has 0 saturated carbocycles. The number of amides is 2. The lowest BCUT2D eigenvalue weighted by Crippen LogP contribution is -2.28. The van der Waals surface area contributed by atoms with Crippen molar-refractivity contribution in [2.24, 2.45) is 0 Å². The highest BCUT2D eigenvalue weighted by Crippen LogP contribution is 2.19. The number of hydrogen-bond acceptors (Lipinski definition) is 3. The zero-order valence-electron chi connectivity index (χ0n) is 11.0. The van der Waals surface area contributed by atoms with Gasteiger partial charge in [0.1, 0.15) is 0 Å². The molecule has 2 amide bonds. The molecule has 0 aliphatic rings. The minimum Gasteiger partial charge on any atom is -0.450 e. The van der Waals surface area contributed by atoms with Gasteiger partial charge in [-0.15, -0.1) is 0 Å². The van der Waals surface area contributed by atoms with Crippen molar-refractivity contribution in [1.82, 2.24) is 5.32 Å². The molecule has 1 aromatic rings. The summed E-state index contributed by atoms with van der Waals surface area (Å²) < 4.78 is 4.68. The van der Waals surface area contributed by atoms with Crippen LogP contribution >= 0.6 is 11.6 Å². The van der Waals surface area contributed by atoms with Gasteiger partial charge in [0.2, 0.25) is 5.91 Å². The molecule has 6 heteroatoms. The van der Waals surface area contributed by atoms with E-state index in [1.807, 2.05) is 6.92 Å². The van der Waals surface area contributed by atoms with Gasteiger partial charge in [0, 0.05) is 23.7 Å². The molecular formula is C13H17ClN2O3. The summed E-state index contributed by atoms with van der Waals surface area (Å²) in [7, 11) is 0. The Hall–Kier alpha value is -1.75. The molecule has 0 aromatic heterocycles. The molecule has 1 rings (SSSR count). The molecule has 104 valence electrons. The highest BCUT2D eigenvalue weighted by atomic mass is 35.5. The summed E-state index contributed by atoms with van der Waals surface area (Å²) in [5.74, 6) is -0.178. The van der Waals surface area contributed by atoms with Crippen LogP contribution in [0, 0.1) is 6.92 Å². The van der Waals surface area contributed by atoms with E-state index in [4.69, 9.17) is 11.6 Å². The third-order valence-electron chi connectivity index (χ3n) is 2.36. The predicted octanol–water partition coefficient (Wildman–Crippen LogP) is 2.72. The molecule has 0 atom stereocenters. The minimum absolute atomic E-state index is 0.178. The first-order valence-corrected chi connectivity index (χ1v) is 6.37. The van der Waals surface area contributed by atoms with Gasteiger partial charge in [0.25, 0.3) is 0 Å². The summed E-state index contributed by atoms with van der Waals surface area (Å²) in [4.78, 5) is 22.6. The topological polar surface area (TPSA) is 67.4 Å². The zero-order valence-corrected chi connectivity index (χ0v) is 11.7. The molecule has 0 aliphatic heterocycles. The van der Waals surface area contributed by atoms with Crippen LogP contribution in [0.1, 0.15) is 18.9 Å². The monoisotopic (exact) mass is 284 g/mol. The Labute approximate surface area is 117 Å². The van der Waals surface area contributed by atoms with Crippen molar-refractivity contribution in [2.75, 3.05) is 18.5 Å². The SMILES string of the molecule is CCOC(=O)NCCC(=O)Nc1ccc(Cl)cc1C. The highest BCUT2D eigenvalue weighted by molar-refractivity contribution is 6.30. The number of halogens is 1. The molecule has 0 radical (unpaired) electrons. The van der Waals surface area contributed by atoms with Crippen LogP contribution in [-0.4, -0.2) is 25.2 Å². The van der Waals surface area contributed by atoms with Gasteiger partial charge in [-0.25, -0.2) is 4.79 Å². The smallest absolute Gasteiger partial charge is 0.407 e. The summed E-state index contributed by atoms with van der Waals surface area (Å²) in [6.07, 6.45) is -0.334. The van der Waals surface area contributed by atoms with Crippen LogP contribution in [0.5, 0.6) is 0 Å². The summed E-state index contributed by atoms with van der Waals surface area (Å²) in [5, 5.41) is 5.86. The van der Waals surface area contributed by atoms with Gasteiger partial charge in [-0.2, -0.15) is 0 Å². The van der Waals surface area contributed by atoms with Gasteiger partial charge in [-0.05, 0) is 37.6 Å². The predicted molar refractivity (Wildman–Crippen MR) is 74.5 cm³/mol. The largest absolute Gasteiger partial charge is 0.450 e. The lowest BCUT2D eigenvalue weighted by Gasteiger charge is -2.09. The molecule has 1 aromatic carbocycles. The van der Waals surface area contributed by atoms with Crippen LogP contribution in [0.2, 0.25) is 5.02 Å². The number of carbonyl (C=O) groups excluding carboxylic acids is 2. The summed E-state index contributed by atoms with van der Waals surface area (Å²) in [6, 6.07) is 5.23. The highest BCUT2D eigenvalue weighted by Gasteiger charge is 2.06. The van der Waals surface area contributed by atoms with Crippen LogP contribution in [0.4, 0.5) is 10.5 Å². The number of hydrogen-bond donors (Lipinski definition) is 2. The number of nitrogens with one attached hydrogen (secondary N) is 2. The molecular weight excluding hydrogens is 268 g/mol. The number of aryl methyl sites for hydroxylation is 1. The van der Waals surface area contributed by atoms with Gasteiger partial charge in [0.05, 0.1) is 6.61 Å². The summed E-state index contributed by atoms with van der Waals surface area (Å²) in [6.45, 7) is 4.12. The molecule has 0 bridgehead atoms. The molecule has 0 fully saturated rings. The van der Waals surface area contributed by atoms with Crippen LogP contribution in [0.15, 0.2) is 18.2 Å². The Morgan fingerprint density at radius 3 is 2.74 bits per heavy atom. The molecule has 0 unspecified atom stereocenters. The molecule has 2 N–H and O–H groups in total. The van der Waals surface area contributed by atoms with Gasteiger partial charge < -0.3 is 15.4 Å². The zero-order chi connectivity index (χ0) is 14.3. The fourth-order valence-corrected chi connectivity index (χ4v) is 1.67. The average Bonchev–Trinajstić information content (AvgIpc) is 2.33. The molecule has 0 spiro atoms. The Balaban J connectivity index is 2.37. The fraction of sp³-hybridized carbons (Fsp3) is 0.385. The van der Waals surface area contributed by atoms with Crippen LogP contribution in [0.3, 0.4) is 0 Å². The van der Waals surface area contributed by atoms with E-state index in [1.165, 1.54) is 0 Å². The maximum absolute atomic E-state index is 11.7. The second kappa shape index (κ2) is 7.63. The lowest BCUT2D eigenvalue weighted by molar-refractivity contribution is -0.116. The van der Waals surface area contributed by atoms with Gasteiger partial charge in [0.15, 0.2) is 0 Å². The third kappa shape index (κ3) is 5.61. The van der Waals surface area contributed by atoms with E-state index < -0.39 is 6.09 Å². The number of rotatable bonds is 5. The van der Waals surface area contributed by atoms with E-state index in [-0.39, 0.29) is 18.9 Å². The minimum atomic E-state index is -0.516. The van der Waals surface area contributed by atoms with Gasteiger partial charge in [-0.3, -0.25) is 4.79 Å². The van der Waals surface area contributed by atoms with Crippen molar-refractivity contribution < 1.29 is 14.3 Å². The number of anilines is 1. The third-order valence-corrected chi connectivity index (χ3v) is 2.59. The second-order valence-corrected chi connectivity index (χ2v) is 4.34. The first-order valence-electron chi connectivity index (χ1n) is 5.99. The quantitative estimate of drug-likeness (QED) is 0.873. The molecule has 0 heterocycles. The maximum atomic E-state index is 11.7. The maximum Gasteiger partial charge on any atom is 0.407 e. The molecule has 19 heavy (non-hydrogen) atoms. The van der Waals surface area contributed by atoms with Crippen molar-refractivity contribution in [3.63, 3.8) is 0 Å². The molecule has 0 saturated heterocycles. The number of benzene rings is 1. The average molecular weight is 285 g/mol. The normalized spacial score (nSPS) is 9.84. The first-order chi connectivity index (χ1) is 9.02. The fourth-order valence-electron chi connectivity index (χ4n) is 1.44. The van der Waals surface area contributed by atoms with E-state index in [0.717, 1.165) is 5.56 Å². The van der Waals surface area contributed by atoms with Crippen LogP contribution < -0.4 is 10.6 Å². The van der Waals surface area contributed by atoms with E-state index >= 15 is 0 Å². The van der Waals surface area contributed by atoms with E-state index in [0.29, 0.717) is 17.3 Å². The summed E-state index contributed by atoms with van der Waals surface area (Å²) in [5.41, 5.74) is 1.60. The summed E-state index contributed by atoms with van der Waals surface area (Å²) >= 11 is 5.83. The van der Waals surface area contributed by atoms with Crippen molar-refractivity contribution in [3.8, 4) is 0 Å². The first kappa shape index (κ1) is 15.3. The van der Waals surface area contributed by atoms with Crippen molar-refractivity contribution in [2.45, 2.75) is 20.3 Å². The molecule has 0 aliphatic carbocycles. The molecule has 5 nitrogen and oxygen atoms in total. The second-order valence-electron chi connectivity index (χ2n) is 3.90. The van der Waals surface area contributed by atoms with E-state index in [2.05, 4.69) is 15.4 Å². The van der Waals surface area contributed by atoms with Crippen LogP contribution in [0.25, 0.3) is 0 Å². The standard InChI is InChI=1S/C13H17ClN2O3/c1-3-19-13(18)15-7-6-12(17)16-11-5-4-10(14)8-9(11)2/h4-5,8H,3,6-7H2,1-2H3,(H,15,18)(H,16,17). The Kier molecular flexibility index (Phi) is 6.15. The number of alkyl carbamates (subject to hydrolysis) is 1.